The summed E-state index contributed by atoms with van der Waals surface area (Å²) in [6, 6.07) is 10.2. The third-order valence-corrected chi connectivity index (χ3v) is 4.52. The number of hydrogen-bond donors (Lipinski definition) is 2. The molecule has 1 aromatic heterocycles. The average molecular weight is 349 g/mol. The van der Waals surface area contributed by atoms with E-state index < -0.39 is 16.8 Å². The second-order valence-electron chi connectivity index (χ2n) is 5.62. The van der Waals surface area contributed by atoms with Crippen molar-refractivity contribution in [2.75, 3.05) is 11.1 Å². The molecule has 1 atom stereocenters. The standard InChI is InChI=1S/C17H19NO5S/c1-11(2)12-3-5-13(6-4-12)18-16(19)10-24(22)9-14-7-8-15(23-14)17(20)21/h3-8,11H,9-10H2,1-2H3,(H,18,19)(H,20,21). The van der Waals surface area contributed by atoms with Gasteiger partial charge in [-0.2, -0.15) is 0 Å². The number of aromatic carboxylic acids is 1. The Balaban J connectivity index is 1.86. The minimum Gasteiger partial charge on any atom is -0.475 e. The smallest absolute Gasteiger partial charge is 0.371 e. The zero-order chi connectivity index (χ0) is 17.7. The number of carboxylic acids is 1. The van der Waals surface area contributed by atoms with E-state index in [4.69, 9.17) is 9.52 Å². The SMILES string of the molecule is CC(C)c1ccc(NC(=O)CS(=O)Cc2ccc(C(=O)O)o2)cc1. The number of furan rings is 1. The lowest BCUT2D eigenvalue weighted by Crippen LogP contribution is -2.20. The van der Waals surface area contributed by atoms with Crippen LogP contribution in [0.4, 0.5) is 5.69 Å². The quantitative estimate of drug-likeness (QED) is 0.801. The second-order valence-corrected chi connectivity index (χ2v) is 7.08. The molecule has 0 bridgehead atoms. The van der Waals surface area contributed by atoms with Crippen molar-refractivity contribution in [1.29, 1.82) is 0 Å². The molecule has 1 heterocycles. The van der Waals surface area contributed by atoms with Crippen LogP contribution in [0.1, 0.15) is 41.6 Å². The predicted molar refractivity (Wildman–Crippen MR) is 91.5 cm³/mol. The first-order valence-corrected chi connectivity index (χ1v) is 8.90. The van der Waals surface area contributed by atoms with E-state index in [2.05, 4.69) is 19.2 Å². The number of nitrogens with one attached hydrogen (secondary N) is 1. The van der Waals surface area contributed by atoms with E-state index in [1.807, 2.05) is 24.3 Å². The van der Waals surface area contributed by atoms with E-state index in [1.165, 1.54) is 17.7 Å². The van der Waals surface area contributed by atoms with Crippen LogP contribution >= 0.6 is 0 Å². The Hall–Kier alpha value is -2.41. The van der Waals surface area contributed by atoms with Crippen molar-refractivity contribution in [1.82, 2.24) is 0 Å². The van der Waals surface area contributed by atoms with Crippen molar-refractivity contribution in [3.63, 3.8) is 0 Å². The Bertz CT molecular complexity index is 749. The van der Waals surface area contributed by atoms with E-state index >= 15 is 0 Å². The highest BCUT2D eigenvalue weighted by Gasteiger charge is 2.14. The maximum atomic E-state index is 12.0. The number of carboxylic acid groups (broad SMARTS) is 1. The van der Waals surface area contributed by atoms with Crippen molar-refractivity contribution < 1.29 is 23.3 Å². The molecular formula is C17H19NO5S. The molecule has 2 aromatic rings. The van der Waals surface area contributed by atoms with E-state index in [-0.39, 0.29) is 28.9 Å². The summed E-state index contributed by atoms with van der Waals surface area (Å²) in [5.74, 6) is -1.27. The molecule has 1 amide bonds. The first kappa shape index (κ1) is 17.9. The van der Waals surface area contributed by atoms with Crippen LogP contribution in [-0.2, 0) is 21.3 Å². The lowest BCUT2D eigenvalue weighted by Gasteiger charge is -2.08. The van der Waals surface area contributed by atoms with Crippen LogP contribution in [0.2, 0.25) is 0 Å². The maximum Gasteiger partial charge on any atom is 0.371 e. The van der Waals surface area contributed by atoms with Gasteiger partial charge in [0.25, 0.3) is 0 Å². The van der Waals surface area contributed by atoms with E-state index in [9.17, 15) is 13.8 Å². The van der Waals surface area contributed by atoms with Gasteiger partial charge in [-0.1, -0.05) is 26.0 Å². The molecule has 0 aliphatic carbocycles. The van der Waals surface area contributed by atoms with Gasteiger partial charge in [0.2, 0.25) is 11.7 Å². The van der Waals surface area contributed by atoms with Gasteiger partial charge in [-0.05, 0) is 35.7 Å². The molecular weight excluding hydrogens is 330 g/mol. The highest BCUT2D eigenvalue weighted by atomic mass is 32.2. The summed E-state index contributed by atoms with van der Waals surface area (Å²) in [7, 11) is -1.49. The van der Waals surface area contributed by atoms with Gasteiger partial charge in [0.05, 0.1) is 5.75 Å². The lowest BCUT2D eigenvalue weighted by atomic mass is 10.0. The summed E-state index contributed by atoms with van der Waals surface area (Å²) < 4.78 is 17.0. The molecule has 7 heteroatoms. The summed E-state index contributed by atoms with van der Waals surface area (Å²) in [5, 5.41) is 11.5. The molecule has 2 rings (SSSR count). The molecule has 0 spiro atoms. The Morgan fingerprint density at radius 3 is 2.38 bits per heavy atom. The topological polar surface area (TPSA) is 96.6 Å². The van der Waals surface area contributed by atoms with Gasteiger partial charge in [-0.25, -0.2) is 4.79 Å². The van der Waals surface area contributed by atoms with Gasteiger partial charge in [-0.3, -0.25) is 9.00 Å². The third kappa shape index (κ3) is 5.06. The summed E-state index contributed by atoms with van der Waals surface area (Å²) in [5.41, 5.74) is 1.82. The van der Waals surface area contributed by atoms with Crippen LogP contribution < -0.4 is 5.32 Å². The fourth-order valence-corrected chi connectivity index (χ4v) is 3.01. The number of carbonyl (C=O) groups excluding carboxylic acids is 1. The monoisotopic (exact) mass is 349 g/mol. The molecule has 1 unspecified atom stereocenters. The molecule has 0 saturated carbocycles. The van der Waals surface area contributed by atoms with Gasteiger partial charge in [0.15, 0.2) is 0 Å². The predicted octanol–water partition coefficient (Wildman–Crippen LogP) is 2.99. The Kier molecular flexibility index (Phi) is 5.92. The summed E-state index contributed by atoms with van der Waals surface area (Å²) >= 11 is 0. The van der Waals surface area contributed by atoms with Crippen LogP contribution in [0.3, 0.4) is 0 Å². The zero-order valence-electron chi connectivity index (χ0n) is 13.4. The molecule has 2 N–H and O–H groups in total. The summed E-state index contributed by atoms with van der Waals surface area (Å²) in [6.07, 6.45) is 0. The largest absolute Gasteiger partial charge is 0.475 e. The van der Waals surface area contributed by atoms with Crippen LogP contribution in [-0.4, -0.2) is 26.9 Å². The fraction of sp³-hybridized carbons (Fsp3) is 0.294. The van der Waals surface area contributed by atoms with Crippen LogP contribution in [0.15, 0.2) is 40.8 Å². The number of hydrogen-bond acceptors (Lipinski definition) is 4. The first-order valence-electron chi connectivity index (χ1n) is 7.42. The van der Waals surface area contributed by atoms with Crippen molar-refractivity contribution in [3.8, 4) is 0 Å². The molecule has 24 heavy (non-hydrogen) atoms. The van der Waals surface area contributed by atoms with Crippen molar-refractivity contribution >= 4 is 28.4 Å². The number of carbonyl (C=O) groups is 2. The summed E-state index contributed by atoms with van der Waals surface area (Å²) in [4.78, 5) is 22.6. The molecule has 128 valence electrons. The number of rotatable bonds is 7. The number of anilines is 1. The lowest BCUT2D eigenvalue weighted by molar-refractivity contribution is -0.113. The molecule has 0 saturated heterocycles. The highest BCUT2D eigenvalue weighted by molar-refractivity contribution is 7.84. The molecule has 0 aliphatic rings. The fourth-order valence-electron chi connectivity index (χ4n) is 2.07. The van der Waals surface area contributed by atoms with Gasteiger partial charge in [0.1, 0.15) is 11.5 Å². The van der Waals surface area contributed by atoms with Crippen LogP contribution in [0.25, 0.3) is 0 Å². The zero-order valence-corrected chi connectivity index (χ0v) is 14.3. The van der Waals surface area contributed by atoms with Gasteiger partial charge in [0, 0.05) is 16.5 Å². The summed E-state index contributed by atoms with van der Waals surface area (Å²) in [6.45, 7) is 4.17. The second kappa shape index (κ2) is 7.92. The molecule has 1 aromatic carbocycles. The minimum atomic E-state index is -1.49. The Morgan fingerprint density at radius 2 is 1.83 bits per heavy atom. The van der Waals surface area contributed by atoms with E-state index in [0.29, 0.717) is 11.6 Å². The van der Waals surface area contributed by atoms with Gasteiger partial charge < -0.3 is 14.8 Å². The molecule has 0 fully saturated rings. The van der Waals surface area contributed by atoms with Gasteiger partial charge in [-0.15, -0.1) is 0 Å². The first-order chi connectivity index (χ1) is 11.3. The van der Waals surface area contributed by atoms with Crippen molar-refractivity contribution in [3.05, 3.63) is 53.5 Å². The third-order valence-electron chi connectivity index (χ3n) is 3.33. The van der Waals surface area contributed by atoms with Gasteiger partial charge >= 0.3 is 5.97 Å². The molecule has 6 nitrogen and oxygen atoms in total. The minimum absolute atomic E-state index is 0.00696. The van der Waals surface area contributed by atoms with E-state index in [1.54, 1.807) is 0 Å². The Morgan fingerprint density at radius 1 is 1.17 bits per heavy atom. The van der Waals surface area contributed by atoms with Crippen LogP contribution in [0, 0.1) is 0 Å². The van der Waals surface area contributed by atoms with Crippen LogP contribution in [0.5, 0.6) is 0 Å². The van der Waals surface area contributed by atoms with E-state index in [0.717, 1.165) is 0 Å². The normalized spacial score (nSPS) is 12.1. The Labute approximate surface area is 142 Å². The number of amides is 1. The average Bonchev–Trinajstić information content (AvgIpc) is 2.96. The molecule has 0 aliphatic heterocycles. The molecule has 0 radical (unpaired) electrons. The number of benzene rings is 1. The maximum absolute atomic E-state index is 12.0. The van der Waals surface area contributed by atoms with Crippen molar-refractivity contribution in [2.24, 2.45) is 0 Å². The van der Waals surface area contributed by atoms with Crippen molar-refractivity contribution in [2.45, 2.75) is 25.5 Å². The highest BCUT2D eigenvalue weighted by Crippen LogP contribution is 2.17.